The molecule has 1 heterocycles. The summed E-state index contributed by atoms with van der Waals surface area (Å²) < 4.78 is 13.2. The zero-order valence-electron chi connectivity index (χ0n) is 13.5. The van der Waals surface area contributed by atoms with Gasteiger partial charge in [0.1, 0.15) is 0 Å². The molecule has 0 saturated carbocycles. The van der Waals surface area contributed by atoms with Gasteiger partial charge in [-0.15, -0.1) is 0 Å². The fraction of sp³-hybridized carbons (Fsp3) is 0.143. The van der Waals surface area contributed by atoms with Crippen molar-refractivity contribution in [3.63, 3.8) is 0 Å². The first-order chi connectivity index (χ1) is 11.9. The maximum atomic E-state index is 6.75. The minimum absolute atomic E-state index is 0.0760. The molecule has 2 nitrogen and oxygen atoms in total. The van der Waals surface area contributed by atoms with Crippen LogP contribution in [0.4, 0.5) is 0 Å². The van der Waals surface area contributed by atoms with Crippen molar-refractivity contribution >= 4 is 18.9 Å². The molecule has 120 valence electrons. The molecule has 1 aliphatic heterocycles. The Morgan fingerprint density at radius 3 is 1.71 bits per heavy atom. The molecule has 0 bridgehead atoms. The summed E-state index contributed by atoms with van der Waals surface area (Å²) in [6.45, 7) is 0.718. The Bertz CT molecular complexity index is 735. The fourth-order valence-corrected chi connectivity index (χ4v) is 6.62. The third kappa shape index (κ3) is 2.82. The van der Waals surface area contributed by atoms with Crippen molar-refractivity contribution in [1.82, 2.24) is 0 Å². The van der Waals surface area contributed by atoms with Crippen LogP contribution in [0.1, 0.15) is 18.1 Å². The molecule has 1 fully saturated rings. The van der Waals surface area contributed by atoms with Crippen molar-refractivity contribution in [1.29, 1.82) is 0 Å². The lowest BCUT2D eigenvalue weighted by molar-refractivity contribution is 0.0624. The van der Waals surface area contributed by atoms with Crippen molar-refractivity contribution in [2.24, 2.45) is 0 Å². The molecule has 1 unspecified atom stereocenters. The minimum Gasteiger partial charge on any atom is -0.388 e. The molecule has 4 rings (SSSR count). The summed E-state index contributed by atoms with van der Waals surface area (Å²) >= 11 is 0. The maximum Gasteiger partial charge on any atom is 0.407 e. The topological polar surface area (TPSA) is 18.5 Å². The van der Waals surface area contributed by atoms with Crippen LogP contribution in [0.3, 0.4) is 0 Å². The number of benzene rings is 3. The highest BCUT2D eigenvalue weighted by molar-refractivity contribution is 6.92. The summed E-state index contributed by atoms with van der Waals surface area (Å²) in [7, 11) is -2.68. The smallest absolute Gasteiger partial charge is 0.388 e. The van der Waals surface area contributed by atoms with Gasteiger partial charge >= 0.3 is 8.56 Å². The van der Waals surface area contributed by atoms with Gasteiger partial charge < -0.3 is 8.85 Å². The first-order valence-electron chi connectivity index (χ1n) is 8.36. The van der Waals surface area contributed by atoms with Gasteiger partial charge in [0.15, 0.2) is 0 Å². The zero-order valence-corrected chi connectivity index (χ0v) is 14.5. The predicted octanol–water partition coefficient (Wildman–Crippen LogP) is 3.42. The van der Waals surface area contributed by atoms with Crippen LogP contribution in [0, 0.1) is 0 Å². The van der Waals surface area contributed by atoms with Gasteiger partial charge in [0.25, 0.3) is 0 Å². The van der Waals surface area contributed by atoms with E-state index in [1.54, 1.807) is 0 Å². The molecule has 24 heavy (non-hydrogen) atoms. The van der Waals surface area contributed by atoms with E-state index in [0.717, 1.165) is 23.4 Å². The Labute approximate surface area is 143 Å². The molecule has 1 atom stereocenters. The molecule has 3 aromatic rings. The molecule has 3 heteroatoms. The Hall–Kier alpha value is -2.20. The summed E-state index contributed by atoms with van der Waals surface area (Å²) in [5.74, 6) is 0. The van der Waals surface area contributed by atoms with E-state index < -0.39 is 8.56 Å². The highest BCUT2D eigenvalue weighted by Gasteiger charge is 2.47. The standard InChI is InChI=1S/C21H20O2Si/c1-4-10-18(11-5-1)21-16-17-22-24(23-21,19-12-6-2-7-13-19)20-14-8-3-9-15-20/h1-15,21H,16-17H2. The van der Waals surface area contributed by atoms with Crippen molar-refractivity contribution < 1.29 is 8.85 Å². The maximum absolute atomic E-state index is 6.75. The summed E-state index contributed by atoms with van der Waals surface area (Å²) in [5.41, 5.74) is 1.23. The average Bonchev–Trinajstić information content (AvgIpc) is 2.70. The molecular formula is C21H20O2Si. The second kappa shape index (κ2) is 6.73. The average molecular weight is 332 g/mol. The van der Waals surface area contributed by atoms with Crippen LogP contribution in [0.2, 0.25) is 0 Å². The lowest BCUT2D eigenvalue weighted by Crippen LogP contribution is -2.65. The van der Waals surface area contributed by atoms with E-state index in [4.69, 9.17) is 8.85 Å². The van der Waals surface area contributed by atoms with Gasteiger partial charge in [-0.05, 0) is 22.4 Å². The molecule has 0 aromatic heterocycles. The molecule has 1 saturated heterocycles. The normalized spacial score (nSPS) is 19.8. The first kappa shape index (κ1) is 15.3. The first-order valence-corrected chi connectivity index (χ1v) is 10.2. The zero-order chi connectivity index (χ0) is 16.2. The van der Waals surface area contributed by atoms with Crippen molar-refractivity contribution in [3.8, 4) is 0 Å². The highest BCUT2D eigenvalue weighted by atomic mass is 28.4. The van der Waals surface area contributed by atoms with E-state index in [9.17, 15) is 0 Å². The van der Waals surface area contributed by atoms with Gasteiger partial charge in [0, 0.05) is 6.61 Å². The quantitative estimate of drug-likeness (QED) is 0.684. The predicted molar refractivity (Wildman–Crippen MR) is 98.7 cm³/mol. The molecular weight excluding hydrogens is 312 g/mol. The summed E-state index contributed by atoms with van der Waals surface area (Å²) in [6, 6.07) is 31.3. The Morgan fingerprint density at radius 1 is 0.667 bits per heavy atom. The van der Waals surface area contributed by atoms with Gasteiger partial charge in [0.05, 0.1) is 6.10 Å². The molecule has 3 aromatic carbocycles. The number of hydrogen-bond acceptors (Lipinski definition) is 2. The van der Waals surface area contributed by atoms with Crippen LogP contribution < -0.4 is 10.4 Å². The lowest BCUT2D eigenvalue weighted by Gasteiger charge is -2.39. The Morgan fingerprint density at radius 2 is 1.17 bits per heavy atom. The van der Waals surface area contributed by atoms with Gasteiger partial charge in [-0.1, -0.05) is 91.0 Å². The molecule has 0 N–H and O–H groups in total. The fourth-order valence-electron chi connectivity index (χ4n) is 3.29. The number of hydrogen-bond donors (Lipinski definition) is 0. The van der Waals surface area contributed by atoms with Crippen molar-refractivity contribution in [2.75, 3.05) is 6.61 Å². The van der Waals surface area contributed by atoms with Gasteiger partial charge in [-0.25, -0.2) is 0 Å². The van der Waals surface area contributed by atoms with E-state index in [1.807, 2.05) is 18.2 Å². The van der Waals surface area contributed by atoms with Crippen molar-refractivity contribution in [3.05, 3.63) is 96.6 Å². The molecule has 0 aliphatic carbocycles. The van der Waals surface area contributed by atoms with Crippen LogP contribution in [0.25, 0.3) is 0 Å². The Kier molecular flexibility index (Phi) is 4.30. The van der Waals surface area contributed by atoms with Crippen LogP contribution in [0.15, 0.2) is 91.0 Å². The van der Waals surface area contributed by atoms with Gasteiger partial charge in [-0.2, -0.15) is 0 Å². The van der Waals surface area contributed by atoms with Crippen LogP contribution in [-0.4, -0.2) is 15.2 Å². The third-order valence-corrected chi connectivity index (χ3v) is 7.89. The monoisotopic (exact) mass is 332 g/mol. The third-order valence-electron chi connectivity index (χ3n) is 4.47. The van der Waals surface area contributed by atoms with E-state index in [-0.39, 0.29) is 6.10 Å². The van der Waals surface area contributed by atoms with E-state index in [1.165, 1.54) is 5.56 Å². The second-order valence-corrected chi connectivity index (χ2v) is 8.92. The summed E-state index contributed by atoms with van der Waals surface area (Å²) in [4.78, 5) is 0. The number of rotatable bonds is 3. The largest absolute Gasteiger partial charge is 0.407 e. The molecule has 0 spiro atoms. The second-order valence-electron chi connectivity index (χ2n) is 6.00. The van der Waals surface area contributed by atoms with E-state index in [2.05, 4.69) is 72.8 Å². The van der Waals surface area contributed by atoms with Crippen LogP contribution in [0.5, 0.6) is 0 Å². The lowest BCUT2D eigenvalue weighted by atomic mass is 10.1. The summed E-state index contributed by atoms with van der Waals surface area (Å²) in [5, 5.41) is 2.33. The van der Waals surface area contributed by atoms with Crippen LogP contribution >= 0.6 is 0 Å². The molecule has 0 amide bonds. The molecule has 1 aliphatic rings. The molecule has 0 radical (unpaired) electrons. The van der Waals surface area contributed by atoms with E-state index in [0.29, 0.717) is 0 Å². The van der Waals surface area contributed by atoms with Gasteiger partial charge in [-0.3, -0.25) is 0 Å². The highest BCUT2D eigenvalue weighted by Crippen LogP contribution is 2.30. The van der Waals surface area contributed by atoms with E-state index >= 15 is 0 Å². The SMILES string of the molecule is c1ccc(C2CCO[Si](c3ccccc3)(c3ccccc3)O2)cc1. The van der Waals surface area contributed by atoms with Gasteiger partial charge in [0.2, 0.25) is 0 Å². The van der Waals surface area contributed by atoms with Crippen LogP contribution in [-0.2, 0) is 8.85 Å². The van der Waals surface area contributed by atoms with Crippen molar-refractivity contribution in [2.45, 2.75) is 12.5 Å². The minimum atomic E-state index is -2.68. The summed E-state index contributed by atoms with van der Waals surface area (Å²) in [6.07, 6.45) is 0.963. The Balaban J connectivity index is 1.79.